The third-order valence-electron chi connectivity index (χ3n) is 4.38. The highest BCUT2D eigenvalue weighted by atomic mass is 35.5. The van der Waals surface area contributed by atoms with Crippen molar-refractivity contribution in [3.8, 4) is 0 Å². The predicted molar refractivity (Wildman–Crippen MR) is 103 cm³/mol. The van der Waals surface area contributed by atoms with Crippen molar-refractivity contribution in [3.63, 3.8) is 0 Å². The van der Waals surface area contributed by atoms with Gasteiger partial charge in [0.1, 0.15) is 6.54 Å². The number of amides is 3. The average molecular weight is 418 g/mol. The second-order valence-electron chi connectivity index (χ2n) is 6.21. The number of benzene rings is 2. The molecule has 1 N–H and O–H groups in total. The van der Waals surface area contributed by atoms with Gasteiger partial charge in [0, 0.05) is 5.02 Å². The summed E-state index contributed by atoms with van der Waals surface area (Å²) >= 11 is 11.9. The zero-order valence-corrected chi connectivity index (χ0v) is 15.8. The van der Waals surface area contributed by atoms with E-state index in [0.29, 0.717) is 16.4 Å². The van der Waals surface area contributed by atoms with Crippen molar-refractivity contribution in [3.05, 3.63) is 58.6 Å². The monoisotopic (exact) mass is 417 g/mol. The average Bonchev–Trinajstić information content (AvgIpc) is 3.18. The van der Waals surface area contributed by atoms with E-state index in [4.69, 9.17) is 23.2 Å². The van der Waals surface area contributed by atoms with Gasteiger partial charge in [0.25, 0.3) is 11.8 Å². The maximum atomic E-state index is 12.8. The summed E-state index contributed by atoms with van der Waals surface area (Å²) in [7, 11) is 0. The molecular weight excluding hydrogens is 405 g/mol. The second-order valence-corrected chi connectivity index (χ2v) is 7.06. The van der Waals surface area contributed by atoms with Gasteiger partial charge < -0.3 is 5.32 Å². The third-order valence-corrected chi connectivity index (χ3v) is 4.93. The zero-order chi connectivity index (χ0) is 19.8. The van der Waals surface area contributed by atoms with Crippen molar-refractivity contribution in [2.75, 3.05) is 16.8 Å². The molecule has 3 amide bonds. The lowest BCUT2D eigenvalue weighted by Gasteiger charge is -2.20. The molecule has 0 unspecified atom stereocenters. The quantitative estimate of drug-likeness (QED) is 0.773. The van der Waals surface area contributed by atoms with E-state index in [1.807, 2.05) is 0 Å². The minimum absolute atomic E-state index is 0.259. The summed E-state index contributed by atoms with van der Waals surface area (Å²) in [6.45, 7) is -0.259. The fourth-order valence-corrected chi connectivity index (χ4v) is 3.57. The summed E-state index contributed by atoms with van der Waals surface area (Å²) in [6.07, 6.45) is 0. The summed E-state index contributed by atoms with van der Waals surface area (Å²) in [5.74, 6) is -1.39. The van der Waals surface area contributed by atoms with Gasteiger partial charge in [0.05, 0.1) is 16.4 Å². The molecule has 2 heterocycles. The Bertz CT molecular complexity index is 998. The number of hydrogen-bond donors (Lipinski definition) is 1. The van der Waals surface area contributed by atoms with E-state index in [2.05, 4.69) is 15.7 Å². The molecule has 2 aliphatic heterocycles. The molecule has 2 aliphatic rings. The molecule has 0 spiro atoms. The zero-order valence-electron chi connectivity index (χ0n) is 14.3. The van der Waals surface area contributed by atoms with Gasteiger partial charge in [0.2, 0.25) is 5.91 Å². The number of anilines is 2. The number of nitrogens with zero attached hydrogens (tertiary/aromatic N) is 4. The highest BCUT2D eigenvalue weighted by molar-refractivity contribution is 6.36. The number of fused-ring (bicyclic) bond motifs is 1. The van der Waals surface area contributed by atoms with Crippen LogP contribution in [0.2, 0.25) is 10.0 Å². The van der Waals surface area contributed by atoms with Crippen LogP contribution in [0.5, 0.6) is 0 Å². The molecule has 0 aromatic heterocycles. The summed E-state index contributed by atoms with van der Waals surface area (Å²) in [4.78, 5) is 38.9. The lowest BCUT2D eigenvalue weighted by Crippen LogP contribution is -2.43. The van der Waals surface area contributed by atoms with Gasteiger partial charge in [-0.05, 0) is 30.3 Å². The molecule has 0 aliphatic carbocycles. The van der Waals surface area contributed by atoms with Crippen LogP contribution in [0.15, 0.2) is 58.9 Å². The summed E-state index contributed by atoms with van der Waals surface area (Å²) in [6, 6.07) is 11.3. The number of para-hydroxylation sites is 1. The lowest BCUT2D eigenvalue weighted by atomic mass is 10.1. The minimum Gasteiger partial charge on any atom is -0.323 e. The predicted octanol–water partition coefficient (Wildman–Crippen LogP) is 2.93. The van der Waals surface area contributed by atoms with Crippen molar-refractivity contribution in [2.45, 2.75) is 12.1 Å². The van der Waals surface area contributed by atoms with Crippen LogP contribution >= 0.6 is 23.2 Å². The Hall–Kier alpha value is -2.97. The van der Waals surface area contributed by atoms with Crippen LogP contribution in [0.25, 0.3) is 0 Å². The van der Waals surface area contributed by atoms with Crippen LogP contribution in [-0.2, 0) is 14.4 Å². The molecule has 1 fully saturated rings. The Morgan fingerprint density at radius 2 is 1.82 bits per heavy atom. The molecule has 0 bridgehead atoms. The first-order valence-electron chi connectivity index (χ1n) is 8.31. The first-order chi connectivity index (χ1) is 13.5. The van der Waals surface area contributed by atoms with Crippen LogP contribution < -0.4 is 10.2 Å². The Balaban J connectivity index is 1.48. The molecule has 8 nitrogen and oxygen atoms in total. The minimum atomic E-state index is -0.959. The highest BCUT2D eigenvalue weighted by Crippen LogP contribution is 2.32. The normalized spacial score (nSPS) is 20.6. The summed E-state index contributed by atoms with van der Waals surface area (Å²) < 4.78 is 0. The van der Waals surface area contributed by atoms with Crippen LogP contribution in [0, 0.1) is 0 Å². The van der Waals surface area contributed by atoms with Crippen molar-refractivity contribution in [2.24, 2.45) is 10.3 Å². The second kappa shape index (κ2) is 7.21. The Morgan fingerprint density at radius 1 is 1.07 bits per heavy atom. The number of nitrogens with one attached hydrogen (secondary N) is 1. The molecule has 2 aromatic rings. The first-order valence-corrected chi connectivity index (χ1v) is 9.06. The maximum Gasteiger partial charge on any atom is 0.263 e. The van der Waals surface area contributed by atoms with Crippen molar-refractivity contribution >= 4 is 52.3 Å². The van der Waals surface area contributed by atoms with E-state index >= 15 is 0 Å². The SMILES string of the molecule is O=C(CN1N=N[C@H]2C(=O)N(c3ccccc3)C(=O)[C@@H]21)Nc1ccc(Cl)cc1Cl. The van der Waals surface area contributed by atoms with E-state index in [9.17, 15) is 14.4 Å². The van der Waals surface area contributed by atoms with E-state index in [-0.39, 0.29) is 11.6 Å². The van der Waals surface area contributed by atoms with Gasteiger partial charge in [-0.1, -0.05) is 46.6 Å². The Labute approximate surface area is 169 Å². The number of halogens is 2. The lowest BCUT2D eigenvalue weighted by molar-refractivity contribution is -0.123. The third kappa shape index (κ3) is 3.21. The Morgan fingerprint density at radius 3 is 2.54 bits per heavy atom. The number of carbonyl (C=O) groups is 3. The molecule has 10 heteroatoms. The van der Waals surface area contributed by atoms with Gasteiger partial charge >= 0.3 is 0 Å². The molecule has 28 heavy (non-hydrogen) atoms. The van der Waals surface area contributed by atoms with E-state index in [0.717, 1.165) is 4.90 Å². The van der Waals surface area contributed by atoms with E-state index in [1.54, 1.807) is 42.5 Å². The number of rotatable bonds is 4. The van der Waals surface area contributed by atoms with Gasteiger partial charge in [-0.3, -0.25) is 19.4 Å². The maximum absolute atomic E-state index is 12.8. The van der Waals surface area contributed by atoms with Gasteiger partial charge in [-0.2, -0.15) is 5.11 Å². The smallest absolute Gasteiger partial charge is 0.263 e. The van der Waals surface area contributed by atoms with Gasteiger partial charge in [-0.25, -0.2) is 4.90 Å². The van der Waals surface area contributed by atoms with Crippen LogP contribution in [0.3, 0.4) is 0 Å². The molecule has 4 rings (SSSR count). The molecular formula is C18H13Cl2N5O3. The fourth-order valence-electron chi connectivity index (χ4n) is 3.11. The number of carbonyl (C=O) groups excluding carboxylic acids is 3. The summed E-state index contributed by atoms with van der Waals surface area (Å²) in [5.41, 5.74) is 0.836. The van der Waals surface area contributed by atoms with E-state index in [1.165, 1.54) is 11.1 Å². The van der Waals surface area contributed by atoms with Crippen LogP contribution in [-0.4, -0.2) is 41.4 Å². The molecule has 0 saturated carbocycles. The first kappa shape index (κ1) is 18.4. The highest BCUT2D eigenvalue weighted by Gasteiger charge is 2.55. The topological polar surface area (TPSA) is 94.4 Å². The number of hydrogen-bond acceptors (Lipinski definition) is 6. The largest absolute Gasteiger partial charge is 0.323 e. The van der Waals surface area contributed by atoms with Crippen molar-refractivity contribution in [1.82, 2.24) is 5.01 Å². The Kier molecular flexibility index (Phi) is 4.74. The molecule has 142 valence electrons. The van der Waals surface area contributed by atoms with E-state index < -0.39 is 29.8 Å². The molecule has 2 atom stereocenters. The molecule has 2 aromatic carbocycles. The molecule has 1 saturated heterocycles. The summed E-state index contributed by atoms with van der Waals surface area (Å²) in [5, 5.41) is 12.3. The van der Waals surface area contributed by atoms with Crippen molar-refractivity contribution in [1.29, 1.82) is 0 Å². The fraction of sp³-hybridized carbons (Fsp3) is 0.167. The van der Waals surface area contributed by atoms with Crippen LogP contribution in [0.1, 0.15) is 0 Å². The number of imide groups is 1. The van der Waals surface area contributed by atoms with Gasteiger partial charge in [0.15, 0.2) is 12.1 Å². The van der Waals surface area contributed by atoms with Crippen LogP contribution in [0.4, 0.5) is 11.4 Å². The van der Waals surface area contributed by atoms with Crippen molar-refractivity contribution < 1.29 is 14.4 Å². The standard InChI is InChI=1S/C18H13Cl2N5O3/c19-10-6-7-13(12(20)8-10)21-14(26)9-24-16-15(22-23-24)17(27)25(18(16)28)11-4-2-1-3-5-11/h1-8,15-16H,9H2,(H,21,26)/t15-,16-/m1/s1. The molecule has 0 radical (unpaired) electrons. The van der Waals surface area contributed by atoms with Gasteiger partial charge in [-0.15, -0.1) is 0 Å².